The fourth-order valence-electron chi connectivity index (χ4n) is 3.90. The molecule has 1 atom stereocenters. The summed E-state index contributed by atoms with van der Waals surface area (Å²) in [6.07, 6.45) is 3.31. The van der Waals surface area contributed by atoms with Gasteiger partial charge in [0.25, 0.3) is 0 Å². The van der Waals surface area contributed by atoms with E-state index in [1.54, 1.807) is 14.2 Å². The maximum atomic E-state index is 5.85. The molecule has 2 N–H and O–H groups in total. The van der Waals surface area contributed by atoms with Crippen molar-refractivity contribution in [3.8, 4) is 11.5 Å². The van der Waals surface area contributed by atoms with Crippen LogP contribution < -0.4 is 25.0 Å². The van der Waals surface area contributed by atoms with E-state index in [2.05, 4.69) is 55.4 Å². The molecule has 1 heterocycles. The van der Waals surface area contributed by atoms with Crippen molar-refractivity contribution in [3.63, 3.8) is 0 Å². The zero-order valence-electron chi connectivity index (χ0n) is 20.2. The number of ether oxygens (including phenoxy) is 3. The fourth-order valence-corrected chi connectivity index (χ4v) is 3.90. The number of nitrogens with one attached hydrogen (secondary N) is 2. The van der Waals surface area contributed by atoms with Crippen molar-refractivity contribution in [3.05, 3.63) is 18.2 Å². The number of methoxy groups -OCH3 is 2. The van der Waals surface area contributed by atoms with E-state index in [1.165, 1.54) is 0 Å². The Morgan fingerprint density at radius 3 is 2.26 bits per heavy atom. The second-order valence-electron chi connectivity index (χ2n) is 8.26. The summed E-state index contributed by atoms with van der Waals surface area (Å²) in [5.41, 5.74) is 1.14. The van der Waals surface area contributed by atoms with Crippen LogP contribution in [0.3, 0.4) is 0 Å². The van der Waals surface area contributed by atoms with E-state index in [-0.39, 0.29) is 6.10 Å². The molecule has 31 heavy (non-hydrogen) atoms. The molecule has 176 valence electrons. The predicted molar refractivity (Wildman–Crippen MR) is 129 cm³/mol. The van der Waals surface area contributed by atoms with Crippen molar-refractivity contribution in [2.75, 3.05) is 51.9 Å². The van der Waals surface area contributed by atoms with E-state index in [1.807, 2.05) is 6.07 Å². The predicted octanol–water partition coefficient (Wildman–Crippen LogP) is 3.68. The van der Waals surface area contributed by atoms with Crippen molar-refractivity contribution >= 4 is 11.6 Å². The van der Waals surface area contributed by atoms with Crippen molar-refractivity contribution in [1.82, 2.24) is 10.6 Å². The number of rotatable bonds is 11. The lowest BCUT2D eigenvalue weighted by Crippen LogP contribution is -2.48. The van der Waals surface area contributed by atoms with Crippen LogP contribution in [0.25, 0.3) is 0 Å². The van der Waals surface area contributed by atoms with E-state index in [0.717, 1.165) is 75.2 Å². The number of anilines is 1. The van der Waals surface area contributed by atoms with Gasteiger partial charge in [0.15, 0.2) is 5.96 Å². The monoisotopic (exact) mass is 434 g/mol. The molecule has 1 unspecified atom stereocenters. The first-order valence-electron chi connectivity index (χ1n) is 11.6. The van der Waals surface area contributed by atoms with Gasteiger partial charge in [0.2, 0.25) is 0 Å². The average molecular weight is 435 g/mol. The lowest BCUT2D eigenvalue weighted by Gasteiger charge is -2.35. The van der Waals surface area contributed by atoms with Gasteiger partial charge in [0, 0.05) is 62.7 Å². The van der Waals surface area contributed by atoms with E-state index in [0.29, 0.717) is 12.0 Å². The highest BCUT2D eigenvalue weighted by molar-refractivity contribution is 5.80. The van der Waals surface area contributed by atoms with Crippen LogP contribution in [0.2, 0.25) is 0 Å². The van der Waals surface area contributed by atoms with E-state index < -0.39 is 0 Å². The lowest BCUT2D eigenvalue weighted by atomic mass is 10.0. The number of hydrogen-bond acceptors (Lipinski definition) is 5. The van der Waals surface area contributed by atoms with Gasteiger partial charge < -0.3 is 29.7 Å². The highest BCUT2D eigenvalue weighted by Gasteiger charge is 2.21. The number of hydrogen-bond donors (Lipinski definition) is 2. The molecular formula is C24H42N4O3. The maximum Gasteiger partial charge on any atom is 0.191 e. The molecule has 7 heteroatoms. The Balaban J connectivity index is 1.90. The summed E-state index contributed by atoms with van der Waals surface area (Å²) in [5, 5.41) is 7.02. The molecule has 1 saturated heterocycles. The van der Waals surface area contributed by atoms with Gasteiger partial charge >= 0.3 is 0 Å². The standard InChI is InChI=1S/C24H42N4O3/c1-7-25-24(26-12-9-23(18(3)4)31-8-2)27-19-10-13-28(14-11-19)20-15-21(29-5)17-22(16-20)30-6/h15-19,23H,7-14H2,1-6H3,(H2,25,26,27). The summed E-state index contributed by atoms with van der Waals surface area (Å²) < 4.78 is 16.7. The number of piperidine rings is 1. The summed E-state index contributed by atoms with van der Waals surface area (Å²) in [6.45, 7) is 12.9. The molecule has 1 aromatic carbocycles. The highest BCUT2D eigenvalue weighted by atomic mass is 16.5. The van der Waals surface area contributed by atoms with Crippen LogP contribution >= 0.6 is 0 Å². The molecule has 0 aliphatic carbocycles. The minimum Gasteiger partial charge on any atom is -0.497 e. The Bertz CT molecular complexity index is 651. The topological polar surface area (TPSA) is 67.4 Å². The van der Waals surface area contributed by atoms with Crippen molar-refractivity contribution in [1.29, 1.82) is 0 Å². The molecule has 0 saturated carbocycles. The van der Waals surface area contributed by atoms with Crippen LogP contribution in [0.15, 0.2) is 23.2 Å². The second-order valence-corrected chi connectivity index (χ2v) is 8.26. The van der Waals surface area contributed by atoms with Crippen molar-refractivity contribution in [2.45, 2.75) is 59.1 Å². The van der Waals surface area contributed by atoms with E-state index >= 15 is 0 Å². The van der Waals surface area contributed by atoms with Crippen LogP contribution in [0, 0.1) is 5.92 Å². The van der Waals surface area contributed by atoms with Gasteiger partial charge in [-0.2, -0.15) is 0 Å². The lowest BCUT2D eigenvalue weighted by molar-refractivity contribution is 0.0266. The van der Waals surface area contributed by atoms with Crippen LogP contribution in [0.5, 0.6) is 11.5 Å². The molecule has 0 amide bonds. The molecule has 1 fully saturated rings. The van der Waals surface area contributed by atoms with Gasteiger partial charge in [0.05, 0.1) is 20.3 Å². The Labute approximate surface area is 188 Å². The molecule has 7 nitrogen and oxygen atoms in total. The van der Waals surface area contributed by atoms with E-state index in [4.69, 9.17) is 19.2 Å². The van der Waals surface area contributed by atoms with Crippen LogP contribution in [-0.4, -0.2) is 65.1 Å². The Morgan fingerprint density at radius 1 is 1.10 bits per heavy atom. The third kappa shape index (κ3) is 8.13. The maximum absolute atomic E-state index is 5.85. The zero-order valence-corrected chi connectivity index (χ0v) is 20.2. The summed E-state index contributed by atoms with van der Waals surface area (Å²) >= 11 is 0. The molecule has 1 aliphatic rings. The SMILES string of the molecule is CCNC(=NCCC(OCC)C(C)C)NC1CCN(c2cc(OC)cc(OC)c2)CC1. The Kier molecular flexibility index (Phi) is 10.8. The number of guanidine groups is 1. The molecule has 0 radical (unpaired) electrons. The first-order chi connectivity index (χ1) is 15.0. The smallest absolute Gasteiger partial charge is 0.191 e. The first-order valence-corrected chi connectivity index (χ1v) is 11.6. The highest BCUT2D eigenvalue weighted by Crippen LogP contribution is 2.30. The van der Waals surface area contributed by atoms with Crippen LogP contribution in [-0.2, 0) is 4.74 Å². The number of aliphatic imine (C=N–C) groups is 1. The van der Waals surface area contributed by atoms with Gasteiger partial charge in [-0.15, -0.1) is 0 Å². The average Bonchev–Trinajstić information content (AvgIpc) is 2.78. The molecule has 0 aromatic heterocycles. The van der Waals surface area contributed by atoms with Crippen molar-refractivity contribution < 1.29 is 14.2 Å². The van der Waals surface area contributed by atoms with E-state index in [9.17, 15) is 0 Å². The quantitative estimate of drug-likeness (QED) is 0.409. The van der Waals surface area contributed by atoms with Crippen LogP contribution in [0.4, 0.5) is 5.69 Å². The van der Waals surface area contributed by atoms with Gasteiger partial charge in [-0.1, -0.05) is 13.8 Å². The zero-order chi connectivity index (χ0) is 22.6. The summed E-state index contributed by atoms with van der Waals surface area (Å²) in [7, 11) is 3.38. The molecule has 0 spiro atoms. The molecule has 2 rings (SSSR count). The Morgan fingerprint density at radius 2 is 1.74 bits per heavy atom. The fraction of sp³-hybridized carbons (Fsp3) is 0.708. The summed E-state index contributed by atoms with van der Waals surface area (Å²) in [5.74, 6) is 3.05. The normalized spacial score (nSPS) is 16.4. The number of nitrogens with zero attached hydrogens (tertiary/aromatic N) is 2. The minimum absolute atomic E-state index is 0.264. The molecule has 0 bridgehead atoms. The molecular weight excluding hydrogens is 392 g/mol. The second kappa shape index (κ2) is 13.3. The third-order valence-corrected chi connectivity index (χ3v) is 5.69. The van der Waals surface area contributed by atoms with Gasteiger partial charge in [-0.3, -0.25) is 4.99 Å². The van der Waals surface area contributed by atoms with Gasteiger partial charge in [-0.25, -0.2) is 0 Å². The van der Waals surface area contributed by atoms with Crippen LogP contribution in [0.1, 0.15) is 47.0 Å². The minimum atomic E-state index is 0.264. The van der Waals surface area contributed by atoms with Crippen molar-refractivity contribution in [2.24, 2.45) is 10.9 Å². The molecule has 1 aromatic rings. The summed E-state index contributed by atoms with van der Waals surface area (Å²) in [4.78, 5) is 7.19. The van der Waals surface area contributed by atoms with Gasteiger partial charge in [-0.05, 0) is 39.0 Å². The largest absolute Gasteiger partial charge is 0.497 e. The first kappa shape index (κ1) is 25.1. The summed E-state index contributed by atoms with van der Waals surface area (Å²) in [6, 6.07) is 6.47. The third-order valence-electron chi connectivity index (χ3n) is 5.69. The van der Waals surface area contributed by atoms with Gasteiger partial charge in [0.1, 0.15) is 11.5 Å². The molecule has 1 aliphatic heterocycles. The number of benzene rings is 1. The Hall–Kier alpha value is -2.15.